The Hall–Kier alpha value is -2.20. The largest absolute Gasteiger partial charge is 0.495 e. The van der Waals surface area contributed by atoms with Gasteiger partial charge in [0.2, 0.25) is 21.8 Å². The maximum atomic E-state index is 13.7. The van der Waals surface area contributed by atoms with Crippen LogP contribution < -0.4 is 14.4 Å². The van der Waals surface area contributed by atoms with Gasteiger partial charge in [-0.2, -0.15) is 0 Å². The maximum absolute atomic E-state index is 13.7. The maximum Gasteiger partial charge on any atom is 0.244 e. The molecule has 2 aromatic carbocycles. The van der Waals surface area contributed by atoms with Gasteiger partial charge >= 0.3 is 0 Å². The highest BCUT2D eigenvalue weighted by Gasteiger charge is 2.33. The molecule has 0 unspecified atom stereocenters. The van der Waals surface area contributed by atoms with Crippen molar-refractivity contribution < 1.29 is 22.7 Å². The van der Waals surface area contributed by atoms with Crippen LogP contribution in [0.5, 0.6) is 5.75 Å². The van der Waals surface area contributed by atoms with Crippen molar-refractivity contribution in [1.82, 2.24) is 10.2 Å². The van der Waals surface area contributed by atoms with Crippen LogP contribution in [0.4, 0.5) is 5.69 Å². The number of ether oxygens (including phenoxy) is 1. The molecule has 2 amide bonds. The van der Waals surface area contributed by atoms with E-state index < -0.39 is 28.5 Å². The van der Waals surface area contributed by atoms with Crippen molar-refractivity contribution in [1.29, 1.82) is 0 Å². The van der Waals surface area contributed by atoms with Gasteiger partial charge in [0.05, 0.1) is 19.1 Å². The average Bonchev–Trinajstić information content (AvgIpc) is 2.81. The van der Waals surface area contributed by atoms with Crippen LogP contribution in [0.2, 0.25) is 15.1 Å². The molecule has 0 aliphatic rings. The number of sulfonamides is 1. The van der Waals surface area contributed by atoms with Gasteiger partial charge in [-0.1, -0.05) is 54.7 Å². The summed E-state index contributed by atoms with van der Waals surface area (Å²) in [7, 11) is -2.56. The molecule has 0 bridgehead atoms. The Morgan fingerprint density at radius 1 is 1.06 bits per heavy atom. The van der Waals surface area contributed by atoms with Crippen molar-refractivity contribution in [2.45, 2.75) is 39.3 Å². The number of carbonyl (C=O) groups is 2. The zero-order chi connectivity index (χ0) is 27.0. The first kappa shape index (κ1) is 30.0. The predicted octanol–water partition coefficient (Wildman–Crippen LogP) is 4.76. The summed E-state index contributed by atoms with van der Waals surface area (Å²) in [6, 6.07) is 8.43. The highest BCUT2D eigenvalue weighted by molar-refractivity contribution is 7.92. The van der Waals surface area contributed by atoms with E-state index in [9.17, 15) is 18.0 Å². The SMILES string of the molecule is CCCNC(=O)[C@@H](CC)N(Cc1ccc(Cl)cc1Cl)C(=O)CN(c1cc(Cl)ccc1OC)S(C)(=O)=O. The third-order valence-electron chi connectivity index (χ3n) is 5.38. The van der Waals surface area contributed by atoms with Crippen LogP contribution in [0.25, 0.3) is 0 Å². The van der Waals surface area contributed by atoms with Crippen LogP contribution in [0, 0.1) is 0 Å². The molecule has 0 fully saturated rings. The number of halogens is 3. The van der Waals surface area contributed by atoms with Crippen LogP contribution in [0.3, 0.4) is 0 Å². The zero-order valence-corrected chi connectivity index (χ0v) is 23.6. The van der Waals surface area contributed by atoms with Crippen molar-refractivity contribution in [2.75, 3.05) is 30.8 Å². The van der Waals surface area contributed by atoms with Crippen molar-refractivity contribution in [3.8, 4) is 5.75 Å². The minimum absolute atomic E-state index is 0.0306. The highest BCUT2D eigenvalue weighted by Crippen LogP contribution is 2.33. The Kier molecular flexibility index (Phi) is 11.2. The van der Waals surface area contributed by atoms with E-state index in [2.05, 4.69) is 5.32 Å². The molecule has 0 aliphatic carbocycles. The van der Waals surface area contributed by atoms with E-state index in [0.717, 1.165) is 17.0 Å². The minimum Gasteiger partial charge on any atom is -0.495 e. The number of rotatable bonds is 12. The fourth-order valence-corrected chi connectivity index (χ4v) is 5.05. The van der Waals surface area contributed by atoms with E-state index in [1.807, 2.05) is 6.92 Å². The molecule has 0 heterocycles. The highest BCUT2D eigenvalue weighted by atomic mass is 35.5. The second-order valence-corrected chi connectivity index (χ2v) is 11.2. The van der Waals surface area contributed by atoms with Gasteiger partial charge in [-0.25, -0.2) is 8.42 Å². The Morgan fingerprint density at radius 3 is 2.25 bits per heavy atom. The molecule has 198 valence electrons. The first-order chi connectivity index (χ1) is 16.9. The fraction of sp³-hybridized carbons (Fsp3) is 0.417. The van der Waals surface area contributed by atoms with Gasteiger partial charge in [0.15, 0.2) is 0 Å². The molecule has 0 aromatic heterocycles. The van der Waals surface area contributed by atoms with Gasteiger partial charge in [-0.3, -0.25) is 13.9 Å². The molecule has 0 aliphatic heterocycles. The summed E-state index contributed by atoms with van der Waals surface area (Å²) in [5, 5.41) is 3.82. The van der Waals surface area contributed by atoms with Gasteiger partial charge in [0.25, 0.3) is 0 Å². The molecule has 1 atom stereocenters. The topological polar surface area (TPSA) is 96.0 Å². The smallest absolute Gasteiger partial charge is 0.244 e. The summed E-state index contributed by atoms with van der Waals surface area (Å²) in [4.78, 5) is 28.0. The quantitative estimate of drug-likeness (QED) is 0.392. The molecule has 8 nitrogen and oxygen atoms in total. The summed E-state index contributed by atoms with van der Waals surface area (Å²) in [5.41, 5.74) is 0.663. The number of nitrogens with zero attached hydrogens (tertiary/aromatic N) is 2. The molecule has 2 aromatic rings. The van der Waals surface area contributed by atoms with Crippen molar-refractivity contribution in [3.63, 3.8) is 0 Å². The lowest BCUT2D eigenvalue weighted by molar-refractivity contribution is -0.140. The standard InChI is InChI=1S/C24H30Cl3N3O5S/c1-5-11-28-24(32)20(6-2)29(14-16-7-8-17(25)12-19(16)27)23(31)15-30(36(4,33)34)21-13-18(26)9-10-22(21)35-3/h7-10,12-13,20H,5-6,11,14-15H2,1-4H3,(H,28,32)/t20-/m1/s1. The van der Waals surface area contributed by atoms with Gasteiger partial charge < -0.3 is 15.0 Å². The van der Waals surface area contributed by atoms with E-state index in [-0.39, 0.29) is 28.9 Å². The summed E-state index contributed by atoms with van der Waals surface area (Å²) >= 11 is 18.5. The summed E-state index contributed by atoms with van der Waals surface area (Å²) in [5.74, 6) is -0.728. The van der Waals surface area contributed by atoms with E-state index in [4.69, 9.17) is 39.5 Å². The molecule has 36 heavy (non-hydrogen) atoms. The second kappa shape index (κ2) is 13.4. The normalized spacial score (nSPS) is 12.1. The van der Waals surface area contributed by atoms with Crippen LogP contribution in [-0.2, 0) is 26.2 Å². The Morgan fingerprint density at radius 2 is 1.69 bits per heavy atom. The monoisotopic (exact) mass is 577 g/mol. The molecule has 0 saturated heterocycles. The second-order valence-electron chi connectivity index (χ2n) is 8.06. The molecule has 0 radical (unpaired) electrons. The molecule has 12 heteroatoms. The number of methoxy groups -OCH3 is 1. The van der Waals surface area contributed by atoms with Crippen molar-refractivity contribution in [3.05, 3.63) is 57.0 Å². The van der Waals surface area contributed by atoms with Gasteiger partial charge in [-0.15, -0.1) is 0 Å². The first-order valence-electron chi connectivity index (χ1n) is 11.2. The molecule has 0 saturated carbocycles. The molecular formula is C24H30Cl3N3O5S. The molecule has 1 N–H and O–H groups in total. The van der Waals surface area contributed by atoms with Crippen molar-refractivity contribution >= 4 is 62.3 Å². The predicted molar refractivity (Wildman–Crippen MR) is 145 cm³/mol. The van der Waals surface area contributed by atoms with Crippen LogP contribution in [-0.4, -0.2) is 57.6 Å². The van der Waals surface area contributed by atoms with Crippen LogP contribution in [0.15, 0.2) is 36.4 Å². The summed E-state index contributed by atoms with van der Waals surface area (Å²) < 4.78 is 31.8. The van der Waals surface area contributed by atoms with Gasteiger partial charge in [0.1, 0.15) is 18.3 Å². The summed E-state index contributed by atoms with van der Waals surface area (Å²) in [6.07, 6.45) is 1.99. The number of hydrogen-bond donors (Lipinski definition) is 1. The van der Waals surface area contributed by atoms with Crippen LogP contribution in [0.1, 0.15) is 32.3 Å². The van der Waals surface area contributed by atoms with Gasteiger partial charge in [0, 0.05) is 28.2 Å². The number of anilines is 1. The molecule has 0 spiro atoms. The third-order valence-corrected chi connectivity index (χ3v) is 7.33. The van der Waals surface area contributed by atoms with Crippen molar-refractivity contribution in [2.24, 2.45) is 0 Å². The Balaban J connectivity index is 2.53. The van der Waals surface area contributed by atoms with Crippen LogP contribution >= 0.6 is 34.8 Å². The molecule has 2 rings (SSSR count). The fourth-order valence-electron chi connectivity index (χ4n) is 3.57. The van der Waals surface area contributed by atoms with E-state index in [1.54, 1.807) is 31.2 Å². The lowest BCUT2D eigenvalue weighted by atomic mass is 10.1. The number of hydrogen-bond acceptors (Lipinski definition) is 5. The third kappa shape index (κ3) is 7.90. The van der Waals surface area contributed by atoms with E-state index >= 15 is 0 Å². The lowest BCUT2D eigenvalue weighted by Crippen LogP contribution is -2.52. The Labute approximate surface area is 227 Å². The van der Waals surface area contributed by atoms with Gasteiger partial charge in [-0.05, 0) is 48.7 Å². The van der Waals surface area contributed by atoms with E-state index in [0.29, 0.717) is 28.6 Å². The number of carbonyl (C=O) groups excluding carboxylic acids is 2. The molecular weight excluding hydrogens is 549 g/mol. The first-order valence-corrected chi connectivity index (χ1v) is 14.2. The Bertz CT molecular complexity index is 1190. The summed E-state index contributed by atoms with van der Waals surface area (Å²) in [6.45, 7) is 3.51. The number of nitrogens with one attached hydrogen (secondary N) is 1. The average molecular weight is 579 g/mol. The zero-order valence-electron chi connectivity index (χ0n) is 20.6. The lowest BCUT2D eigenvalue weighted by Gasteiger charge is -2.33. The number of benzene rings is 2. The van der Waals surface area contributed by atoms with E-state index in [1.165, 1.54) is 24.1 Å². The minimum atomic E-state index is -3.95. The number of amides is 2.